The fourth-order valence-corrected chi connectivity index (χ4v) is 1.58. The van der Waals surface area contributed by atoms with Gasteiger partial charge < -0.3 is 19.7 Å². The summed E-state index contributed by atoms with van der Waals surface area (Å²) in [7, 11) is 0. The van der Waals surface area contributed by atoms with E-state index in [0.29, 0.717) is 0 Å². The van der Waals surface area contributed by atoms with Gasteiger partial charge in [-0.1, -0.05) is 0 Å². The van der Waals surface area contributed by atoms with Crippen molar-refractivity contribution in [2.24, 2.45) is 0 Å². The van der Waals surface area contributed by atoms with Gasteiger partial charge >= 0.3 is 6.16 Å². The fraction of sp³-hybridized carbons (Fsp3) is 0.500. The first-order valence-corrected chi connectivity index (χ1v) is 4.32. The third-order valence-electron chi connectivity index (χ3n) is 2.22. The molecule has 15 heavy (non-hydrogen) atoms. The molecule has 2 N–H and O–H groups in total. The lowest BCUT2D eigenvalue weighted by Gasteiger charge is -2.33. The second kappa shape index (κ2) is 3.43. The number of carboxylic acid groups (broad SMARTS) is 1. The van der Waals surface area contributed by atoms with E-state index in [4.69, 9.17) is 14.9 Å². The SMILES string of the molecule is O=C(O)O[C@@H]1/C(=C/CO)O[C@@H]2CC(=O)N12. The Hall–Kier alpha value is -1.76. The summed E-state index contributed by atoms with van der Waals surface area (Å²) in [5, 5.41) is 17.1. The Kier molecular flexibility index (Phi) is 2.24. The molecule has 0 spiro atoms. The third kappa shape index (κ3) is 1.50. The van der Waals surface area contributed by atoms with Crippen LogP contribution in [0.15, 0.2) is 11.8 Å². The Morgan fingerprint density at radius 2 is 2.47 bits per heavy atom. The minimum Gasteiger partial charge on any atom is -0.468 e. The van der Waals surface area contributed by atoms with E-state index in [1.165, 1.54) is 11.0 Å². The van der Waals surface area contributed by atoms with Crippen LogP contribution < -0.4 is 0 Å². The minimum absolute atomic E-state index is 0.163. The summed E-state index contributed by atoms with van der Waals surface area (Å²) in [5.74, 6) is -0.0664. The molecular weight excluding hydrogens is 206 g/mol. The van der Waals surface area contributed by atoms with Crippen molar-refractivity contribution < 1.29 is 29.3 Å². The highest BCUT2D eigenvalue weighted by atomic mass is 16.7. The molecule has 2 rings (SSSR count). The molecule has 2 saturated heterocycles. The zero-order valence-electron chi connectivity index (χ0n) is 7.62. The molecule has 0 bridgehead atoms. The predicted molar refractivity (Wildman–Crippen MR) is 44.4 cm³/mol. The summed E-state index contributed by atoms with van der Waals surface area (Å²) in [5.41, 5.74) is 0. The molecule has 0 aromatic rings. The van der Waals surface area contributed by atoms with Crippen LogP contribution in [0, 0.1) is 0 Å². The molecule has 0 aromatic carbocycles. The number of aliphatic hydroxyl groups excluding tert-OH is 1. The highest BCUT2D eigenvalue weighted by molar-refractivity contribution is 5.84. The van der Waals surface area contributed by atoms with Crippen molar-refractivity contribution in [3.63, 3.8) is 0 Å². The number of hydrogen-bond acceptors (Lipinski definition) is 5. The first-order chi connectivity index (χ1) is 7.13. The molecule has 2 aliphatic rings. The van der Waals surface area contributed by atoms with E-state index in [0.717, 1.165) is 0 Å². The lowest BCUT2D eigenvalue weighted by Crippen LogP contribution is -2.53. The number of aliphatic hydroxyl groups is 1. The van der Waals surface area contributed by atoms with Gasteiger partial charge in [0, 0.05) is 0 Å². The van der Waals surface area contributed by atoms with Crippen LogP contribution in [0.2, 0.25) is 0 Å². The second-order valence-corrected chi connectivity index (χ2v) is 3.10. The molecule has 0 aromatic heterocycles. The number of rotatable bonds is 2. The average molecular weight is 215 g/mol. The summed E-state index contributed by atoms with van der Waals surface area (Å²) in [6.07, 6.45) is -1.52. The maximum Gasteiger partial charge on any atom is 0.508 e. The van der Waals surface area contributed by atoms with Crippen molar-refractivity contribution in [2.75, 3.05) is 6.61 Å². The molecule has 7 nitrogen and oxygen atoms in total. The van der Waals surface area contributed by atoms with Crippen molar-refractivity contribution >= 4 is 12.1 Å². The zero-order chi connectivity index (χ0) is 11.0. The van der Waals surface area contributed by atoms with Crippen LogP contribution in [0.3, 0.4) is 0 Å². The fourth-order valence-electron chi connectivity index (χ4n) is 1.58. The van der Waals surface area contributed by atoms with Crippen LogP contribution in [-0.4, -0.2) is 46.2 Å². The number of carbonyl (C=O) groups excluding carboxylic acids is 1. The standard InChI is InChI=1S/C8H9NO6/c10-2-1-4-7(15-8(12)13)9-5(11)3-6(9)14-4/h1,6-7,10H,2-3H2,(H,12,13)/b4-1-/t6-,7-/m1/s1. The normalized spacial score (nSPS) is 30.9. The van der Waals surface area contributed by atoms with Crippen LogP contribution in [0.5, 0.6) is 0 Å². The summed E-state index contributed by atoms with van der Waals surface area (Å²) in [6, 6.07) is 0. The average Bonchev–Trinajstić information content (AvgIpc) is 2.38. The molecule has 0 aliphatic carbocycles. The van der Waals surface area contributed by atoms with Crippen LogP contribution in [0.4, 0.5) is 4.79 Å². The summed E-state index contributed by atoms with van der Waals surface area (Å²) in [6.45, 7) is -0.302. The number of ether oxygens (including phenoxy) is 2. The highest BCUT2D eigenvalue weighted by Gasteiger charge is 2.52. The highest BCUT2D eigenvalue weighted by Crippen LogP contribution is 2.36. The van der Waals surface area contributed by atoms with Gasteiger partial charge in [-0.2, -0.15) is 0 Å². The summed E-state index contributed by atoms with van der Waals surface area (Å²) in [4.78, 5) is 22.7. The van der Waals surface area contributed by atoms with Crippen LogP contribution in [0.1, 0.15) is 6.42 Å². The Labute approximate surface area is 84.5 Å². The van der Waals surface area contributed by atoms with Gasteiger partial charge in [0.15, 0.2) is 12.0 Å². The van der Waals surface area contributed by atoms with Crippen molar-refractivity contribution in [1.29, 1.82) is 0 Å². The van der Waals surface area contributed by atoms with Crippen molar-refractivity contribution in [3.05, 3.63) is 11.8 Å². The van der Waals surface area contributed by atoms with Crippen molar-refractivity contribution in [1.82, 2.24) is 4.90 Å². The minimum atomic E-state index is -1.49. The molecule has 82 valence electrons. The molecule has 0 radical (unpaired) electrons. The van der Waals surface area contributed by atoms with E-state index in [1.807, 2.05) is 0 Å². The smallest absolute Gasteiger partial charge is 0.468 e. The largest absolute Gasteiger partial charge is 0.508 e. The topological polar surface area (TPSA) is 96.3 Å². The van der Waals surface area contributed by atoms with E-state index in [2.05, 4.69) is 4.74 Å². The molecule has 2 heterocycles. The molecule has 2 aliphatic heterocycles. The van der Waals surface area contributed by atoms with Gasteiger partial charge in [-0.3, -0.25) is 9.69 Å². The van der Waals surface area contributed by atoms with Crippen LogP contribution >= 0.6 is 0 Å². The lowest BCUT2D eigenvalue weighted by atomic mass is 10.2. The predicted octanol–water partition coefficient (Wildman–Crippen LogP) is -0.528. The lowest BCUT2D eigenvalue weighted by molar-refractivity contribution is -0.164. The molecule has 1 amide bonds. The molecular formula is C8H9NO6. The molecule has 7 heteroatoms. The first kappa shape index (κ1) is 9.78. The Balaban J connectivity index is 2.17. The Morgan fingerprint density at radius 1 is 1.73 bits per heavy atom. The zero-order valence-corrected chi connectivity index (χ0v) is 7.62. The maximum atomic E-state index is 11.1. The molecule has 0 unspecified atom stereocenters. The van der Waals surface area contributed by atoms with E-state index < -0.39 is 18.6 Å². The van der Waals surface area contributed by atoms with Crippen molar-refractivity contribution in [2.45, 2.75) is 18.9 Å². The van der Waals surface area contributed by atoms with E-state index in [-0.39, 0.29) is 24.7 Å². The molecule has 2 atom stereocenters. The third-order valence-corrected chi connectivity index (χ3v) is 2.22. The number of nitrogens with zero attached hydrogens (tertiary/aromatic N) is 1. The Bertz CT molecular complexity index is 338. The maximum absolute atomic E-state index is 11.1. The van der Waals surface area contributed by atoms with Crippen molar-refractivity contribution in [3.8, 4) is 0 Å². The van der Waals surface area contributed by atoms with E-state index in [9.17, 15) is 9.59 Å². The monoisotopic (exact) mass is 215 g/mol. The number of amides is 1. The number of fused-ring (bicyclic) bond motifs is 1. The van der Waals surface area contributed by atoms with Gasteiger partial charge in [-0.15, -0.1) is 0 Å². The van der Waals surface area contributed by atoms with Gasteiger partial charge in [0.1, 0.15) is 0 Å². The van der Waals surface area contributed by atoms with Gasteiger partial charge in [0.25, 0.3) is 0 Å². The van der Waals surface area contributed by atoms with E-state index >= 15 is 0 Å². The van der Waals surface area contributed by atoms with E-state index in [1.54, 1.807) is 0 Å². The van der Waals surface area contributed by atoms with Crippen LogP contribution in [-0.2, 0) is 14.3 Å². The van der Waals surface area contributed by atoms with Gasteiger partial charge in [0.2, 0.25) is 12.1 Å². The molecule has 2 fully saturated rings. The summed E-state index contributed by atoms with van der Waals surface area (Å²) >= 11 is 0. The number of hydrogen-bond donors (Lipinski definition) is 2. The number of carbonyl (C=O) groups is 2. The van der Waals surface area contributed by atoms with Gasteiger partial charge in [-0.25, -0.2) is 4.79 Å². The first-order valence-electron chi connectivity index (χ1n) is 4.32. The van der Waals surface area contributed by atoms with Gasteiger partial charge in [0.05, 0.1) is 13.0 Å². The van der Waals surface area contributed by atoms with Gasteiger partial charge in [-0.05, 0) is 6.08 Å². The molecule has 0 saturated carbocycles. The summed E-state index contributed by atoms with van der Waals surface area (Å²) < 4.78 is 9.70. The Morgan fingerprint density at radius 3 is 3.00 bits per heavy atom. The van der Waals surface area contributed by atoms with Crippen LogP contribution in [0.25, 0.3) is 0 Å². The quantitative estimate of drug-likeness (QED) is 0.475. The number of β-lactam (4-membered cyclic amide) rings is 1. The second-order valence-electron chi connectivity index (χ2n) is 3.10.